The fourth-order valence-corrected chi connectivity index (χ4v) is 2.84. The van der Waals surface area contributed by atoms with E-state index in [0.29, 0.717) is 16.8 Å². The number of hydrogen-bond acceptors (Lipinski definition) is 4. The topological polar surface area (TPSA) is 55.6 Å². The third-order valence-corrected chi connectivity index (χ3v) is 3.82. The Bertz CT molecular complexity index is 493. The van der Waals surface area contributed by atoms with Crippen molar-refractivity contribution in [2.45, 2.75) is 32.2 Å². The molecule has 2 rings (SSSR count). The van der Waals surface area contributed by atoms with Crippen molar-refractivity contribution in [3.63, 3.8) is 0 Å². The van der Waals surface area contributed by atoms with E-state index < -0.39 is 4.92 Å². The monoisotopic (exact) mass is 284 g/mol. The van der Waals surface area contributed by atoms with Gasteiger partial charge in [0.15, 0.2) is 5.75 Å². The molecule has 1 fully saturated rings. The fraction of sp³-hybridized carbons (Fsp3) is 0.538. The molecule has 1 atom stereocenters. The second kappa shape index (κ2) is 5.65. The first-order valence-electron chi connectivity index (χ1n) is 6.33. The molecule has 1 heterocycles. The van der Waals surface area contributed by atoms with Crippen molar-refractivity contribution in [2.75, 3.05) is 18.6 Å². The first-order chi connectivity index (χ1) is 9.04. The molecule has 1 aromatic carbocycles. The highest BCUT2D eigenvalue weighted by Crippen LogP contribution is 2.41. The molecule has 0 spiro atoms. The summed E-state index contributed by atoms with van der Waals surface area (Å²) in [5.41, 5.74) is 0.720. The molecule has 0 saturated carbocycles. The molecule has 0 amide bonds. The Balaban J connectivity index is 2.46. The van der Waals surface area contributed by atoms with E-state index in [1.165, 1.54) is 25.7 Å². The smallest absolute Gasteiger partial charge is 0.274 e. The van der Waals surface area contributed by atoms with Crippen molar-refractivity contribution in [3.8, 4) is 5.75 Å². The number of methoxy groups -OCH3 is 1. The average molecular weight is 285 g/mol. The highest BCUT2D eigenvalue weighted by atomic mass is 35.5. The molecule has 0 aromatic heterocycles. The van der Waals surface area contributed by atoms with Gasteiger partial charge in [0.05, 0.1) is 28.8 Å². The van der Waals surface area contributed by atoms with Gasteiger partial charge in [0.1, 0.15) is 0 Å². The number of ether oxygens (including phenoxy) is 1. The first-order valence-corrected chi connectivity index (χ1v) is 6.71. The summed E-state index contributed by atoms with van der Waals surface area (Å²) in [4.78, 5) is 12.6. The van der Waals surface area contributed by atoms with Crippen molar-refractivity contribution >= 4 is 23.0 Å². The molecule has 5 nitrogen and oxygen atoms in total. The van der Waals surface area contributed by atoms with E-state index >= 15 is 0 Å². The molecule has 1 saturated heterocycles. The number of anilines is 1. The molecule has 6 heteroatoms. The highest BCUT2D eigenvalue weighted by Gasteiger charge is 2.26. The lowest BCUT2D eigenvalue weighted by Gasteiger charge is -2.36. The van der Waals surface area contributed by atoms with Gasteiger partial charge in [-0.3, -0.25) is 10.1 Å². The van der Waals surface area contributed by atoms with Crippen molar-refractivity contribution in [1.82, 2.24) is 0 Å². The quantitative estimate of drug-likeness (QED) is 0.628. The van der Waals surface area contributed by atoms with Crippen LogP contribution in [0.15, 0.2) is 12.1 Å². The van der Waals surface area contributed by atoms with E-state index in [2.05, 4.69) is 11.8 Å². The summed E-state index contributed by atoms with van der Waals surface area (Å²) in [6.45, 7) is 3.03. The van der Waals surface area contributed by atoms with E-state index in [0.717, 1.165) is 25.1 Å². The van der Waals surface area contributed by atoms with Crippen LogP contribution in [0, 0.1) is 10.1 Å². The third kappa shape index (κ3) is 2.76. The summed E-state index contributed by atoms with van der Waals surface area (Å²) >= 11 is 6.23. The molecule has 0 radical (unpaired) electrons. The Morgan fingerprint density at radius 2 is 2.21 bits per heavy atom. The number of nitro groups is 1. The molecule has 0 bridgehead atoms. The Labute approximate surface area is 117 Å². The van der Waals surface area contributed by atoms with Crippen molar-refractivity contribution < 1.29 is 9.66 Å². The van der Waals surface area contributed by atoms with Crippen LogP contribution in [0.4, 0.5) is 11.4 Å². The SMILES string of the molecule is COc1cc([N+](=O)[O-])cc(Cl)c1N1CCCC[C@H]1C. The zero-order valence-electron chi connectivity index (χ0n) is 11.1. The standard InChI is InChI=1S/C13H17ClN2O3/c1-9-5-3-4-6-15(9)13-11(14)7-10(16(17)18)8-12(13)19-2/h7-9H,3-6H2,1-2H3/t9-/m1/s1. The van der Waals surface area contributed by atoms with Crippen LogP contribution < -0.4 is 9.64 Å². The molecule has 1 aliphatic rings. The summed E-state index contributed by atoms with van der Waals surface area (Å²) in [7, 11) is 1.51. The van der Waals surface area contributed by atoms with Gasteiger partial charge in [0.25, 0.3) is 5.69 Å². The zero-order valence-corrected chi connectivity index (χ0v) is 11.8. The molecule has 104 valence electrons. The minimum absolute atomic E-state index is 0.0461. The number of rotatable bonds is 3. The fourth-order valence-electron chi connectivity index (χ4n) is 2.53. The summed E-state index contributed by atoms with van der Waals surface area (Å²) in [6.07, 6.45) is 3.39. The third-order valence-electron chi connectivity index (χ3n) is 3.53. The maximum Gasteiger partial charge on any atom is 0.274 e. The van der Waals surface area contributed by atoms with Crippen LogP contribution in [-0.2, 0) is 0 Å². The molecular weight excluding hydrogens is 268 g/mol. The molecular formula is C13H17ClN2O3. The van der Waals surface area contributed by atoms with Crippen molar-refractivity contribution in [2.24, 2.45) is 0 Å². The molecule has 1 aliphatic heterocycles. The maximum atomic E-state index is 10.9. The van der Waals surface area contributed by atoms with Gasteiger partial charge in [-0.25, -0.2) is 0 Å². The molecule has 0 unspecified atom stereocenters. The van der Waals surface area contributed by atoms with Crippen molar-refractivity contribution in [1.29, 1.82) is 0 Å². The predicted molar refractivity (Wildman–Crippen MR) is 75.3 cm³/mol. The predicted octanol–water partition coefficient (Wildman–Crippen LogP) is 3.64. The number of piperidine rings is 1. The van der Waals surface area contributed by atoms with E-state index in [9.17, 15) is 10.1 Å². The number of non-ortho nitro benzene ring substituents is 1. The van der Waals surface area contributed by atoms with Crippen LogP contribution in [0.25, 0.3) is 0 Å². The first kappa shape index (κ1) is 13.9. The van der Waals surface area contributed by atoms with Crippen LogP contribution in [0.2, 0.25) is 5.02 Å². The van der Waals surface area contributed by atoms with Gasteiger partial charge in [-0.2, -0.15) is 0 Å². The van der Waals surface area contributed by atoms with Gasteiger partial charge in [-0.15, -0.1) is 0 Å². The minimum Gasteiger partial charge on any atom is -0.494 e. The lowest BCUT2D eigenvalue weighted by molar-refractivity contribution is -0.384. The van der Waals surface area contributed by atoms with Crippen LogP contribution in [-0.4, -0.2) is 24.6 Å². The number of hydrogen-bond donors (Lipinski definition) is 0. The lowest BCUT2D eigenvalue weighted by Crippen LogP contribution is -2.37. The Kier molecular flexibility index (Phi) is 4.14. The number of halogens is 1. The van der Waals surface area contributed by atoms with Gasteiger partial charge in [0, 0.05) is 18.7 Å². The van der Waals surface area contributed by atoms with Crippen LogP contribution in [0.5, 0.6) is 5.75 Å². The Morgan fingerprint density at radius 3 is 2.79 bits per heavy atom. The molecule has 0 aliphatic carbocycles. The van der Waals surface area contributed by atoms with Gasteiger partial charge in [0.2, 0.25) is 0 Å². The molecule has 0 N–H and O–H groups in total. The van der Waals surface area contributed by atoms with Gasteiger partial charge >= 0.3 is 0 Å². The number of benzene rings is 1. The van der Waals surface area contributed by atoms with Crippen LogP contribution in [0.1, 0.15) is 26.2 Å². The van der Waals surface area contributed by atoms with Crippen LogP contribution >= 0.6 is 11.6 Å². The second-order valence-electron chi connectivity index (χ2n) is 4.77. The van der Waals surface area contributed by atoms with Gasteiger partial charge < -0.3 is 9.64 Å². The van der Waals surface area contributed by atoms with Crippen LogP contribution in [0.3, 0.4) is 0 Å². The largest absolute Gasteiger partial charge is 0.494 e. The highest BCUT2D eigenvalue weighted by molar-refractivity contribution is 6.34. The second-order valence-corrected chi connectivity index (χ2v) is 5.18. The summed E-state index contributed by atoms with van der Waals surface area (Å²) < 4.78 is 5.29. The summed E-state index contributed by atoms with van der Waals surface area (Å²) in [5.74, 6) is 0.466. The molecule has 1 aromatic rings. The van der Waals surface area contributed by atoms with E-state index in [1.807, 2.05) is 0 Å². The minimum atomic E-state index is -0.461. The Hall–Kier alpha value is -1.49. The van der Waals surface area contributed by atoms with Crippen molar-refractivity contribution in [3.05, 3.63) is 27.3 Å². The average Bonchev–Trinajstić information content (AvgIpc) is 2.39. The number of nitro benzene ring substituents is 1. The van der Waals surface area contributed by atoms with E-state index in [-0.39, 0.29) is 5.69 Å². The summed E-state index contributed by atoms with van der Waals surface area (Å²) in [6, 6.07) is 3.19. The lowest BCUT2D eigenvalue weighted by atomic mass is 10.0. The van der Waals surface area contributed by atoms with Gasteiger partial charge in [-0.1, -0.05) is 11.6 Å². The Morgan fingerprint density at radius 1 is 1.47 bits per heavy atom. The zero-order chi connectivity index (χ0) is 14.0. The van der Waals surface area contributed by atoms with Gasteiger partial charge in [-0.05, 0) is 26.2 Å². The van der Waals surface area contributed by atoms with E-state index in [4.69, 9.17) is 16.3 Å². The molecule has 19 heavy (non-hydrogen) atoms. The summed E-state index contributed by atoms with van der Waals surface area (Å²) in [5, 5.41) is 11.2. The number of nitrogens with zero attached hydrogens (tertiary/aromatic N) is 2. The van der Waals surface area contributed by atoms with E-state index in [1.54, 1.807) is 0 Å². The maximum absolute atomic E-state index is 10.9. The normalized spacial score (nSPS) is 19.3.